The summed E-state index contributed by atoms with van der Waals surface area (Å²) >= 11 is 0.941. The number of nitrogens with one attached hydrogen (secondary N) is 2. The summed E-state index contributed by atoms with van der Waals surface area (Å²) in [6.45, 7) is 4.07. The lowest BCUT2D eigenvalue weighted by Gasteiger charge is -2.44. The second-order valence-electron chi connectivity index (χ2n) is 6.73. The predicted molar refractivity (Wildman–Crippen MR) is 106 cm³/mol. The minimum atomic E-state index is -5.31. The van der Waals surface area contributed by atoms with E-state index in [4.69, 9.17) is 9.47 Å². The maximum absolute atomic E-state index is 13.9. The van der Waals surface area contributed by atoms with Crippen molar-refractivity contribution in [2.45, 2.75) is 31.8 Å². The highest BCUT2D eigenvalue weighted by molar-refractivity contribution is 7.12. The molecular weight excluding hydrogens is 437 g/mol. The van der Waals surface area contributed by atoms with Crippen molar-refractivity contribution < 1.29 is 37.3 Å². The standard InChI is InChI=1S/C20H21F3N2O5S/c1-3-29-12-8-7-11(10-13(12)30-4-2)16-15(17(26)14-6-5-9-31-14)19(28,20(21,22)23)25-18(27)24-16/h5-10,15-16,28H,3-4H2,1-2H3,(H2,24,25,27). The molecule has 0 spiro atoms. The van der Waals surface area contributed by atoms with Gasteiger partial charge in [-0.25, -0.2) is 4.79 Å². The first-order valence-electron chi connectivity index (χ1n) is 9.47. The maximum Gasteiger partial charge on any atom is 0.437 e. The summed E-state index contributed by atoms with van der Waals surface area (Å²) in [6.07, 6.45) is -5.31. The SMILES string of the molecule is CCOc1ccc(C2NC(=O)NC(O)(C(F)(F)F)C2C(=O)c2cccs2)cc1OCC. The Morgan fingerprint density at radius 1 is 1.19 bits per heavy atom. The van der Waals surface area contributed by atoms with Crippen molar-refractivity contribution in [2.75, 3.05) is 13.2 Å². The Kier molecular flexibility index (Phi) is 6.46. The summed E-state index contributed by atoms with van der Waals surface area (Å²) in [5.41, 5.74) is -3.62. The van der Waals surface area contributed by atoms with E-state index < -0.39 is 35.7 Å². The van der Waals surface area contributed by atoms with Crippen LogP contribution in [0, 0.1) is 5.92 Å². The number of ketones is 1. The average Bonchev–Trinajstić information content (AvgIpc) is 3.23. The Hall–Kier alpha value is -2.79. The van der Waals surface area contributed by atoms with Gasteiger partial charge in [-0.15, -0.1) is 11.3 Å². The number of hydrogen-bond donors (Lipinski definition) is 3. The molecule has 0 radical (unpaired) electrons. The topological polar surface area (TPSA) is 96.9 Å². The summed E-state index contributed by atoms with van der Waals surface area (Å²) in [5.74, 6) is -2.44. The first kappa shape index (κ1) is 22.9. The molecule has 1 aromatic heterocycles. The number of amides is 2. The summed E-state index contributed by atoms with van der Waals surface area (Å²) < 4.78 is 52.7. The molecule has 3 atom stereocenters. The Morgan fingerprint density at radius 2 is 1.87 bits per heavy atom. The van der Waals surface area contributed by atoms with Gasteiger partial charge in [-0.3, -0.25) is 4.79 Å². The molecule has 2 heterocycles. The van der Waals surface area contributed by atoms with Crippen LogP contribution < -0.4 is 20.1 Å². The van der Waals surface area contributed by atoms with Crippen LogP contribution in [0.15, 0.2) is 35.7 Å². The second kappa shape index (κ2) is 8.75. The number of ether oxygens (including phenoxy) is 2. The van der Waals surface area contributed by atoms with E-state index in [1.807, 2.05) is 0 Å². The van der Waals surface area contributed by atoms with Crippen LogP contribution in [0.3, 0.4) is 0 Å². The molecule has 1 saturated heterocycles. The van der Waals surface area contributed by atoms with Crippen LogP contribution in [-0.2, 0) is 0 Å². The summed E-state index contributed by atoms with van der Waals surface area (Å²) in [5, 5.41) is 16.0. The normalized spacial score (nSPS) is 23.6. The fourth-order valence-corrected chi connectivity index (χ4v) is 4.15. The van der Waals surface area contributed by atoms with Crippen molar-refractivity contribution in [2.24, 2.45) is 5.92 Å². The predicted octanol–water partition coefficient (Wildman–Crippen LogP) is 3.65. The van der Waals surface area contributed by atoms with Crippen molar-refractivity contribution in [3.63, 3.8) is 0 Å². The third-order valence-electron chi connectivity index (χ3n) is 4.78. The second-order valence-corrected chi connectivity index (χ2v) is 7.68. The first-order chi connectivity index (χ1) is 14.6. The number of carbonyl (C=O) groups excluding carboxylic acids is 2. The van der Waals surface area contributed by atoms with Gasteiger partial charge in [-0.2, -0.15) is 13.2 Å². The first-order valence-corrected chi connectivity index (χ1v) is 10.3. The zero-order chi connectivity index (χ0) is 22.8. The highest BCUT2D eigenvalue weighted by Crippen LogP contribution is 2.45. The van der Waals surface area contributed by atoms with Gasteiger partial charge in [0, 0.05) is 0 Å². The molecule has 31 heavy (non-hydrogen) atoms. The molecule has 1 aliphatic heterocycles. The Balaban J connectivity index is 2.14. The molecule has 3 N–H and O–H groups in total. The van der Waals surface area contributed by atoms with E-state index >= 15 is 0 Å². The van der Waals surface area contributed by atoms with E-state index in [1.54, 1.807) is 13.8 Å². The molecule has 3 unspecified atom stereocenters. The molecule has 1 aliphatic rings. The van der Waals surface area contributed by atoms with E-state index in [-0.39, 0.29) is 22.8 Å². The molecule has 0 aliphatic carbocycles. The van der Waals surface area contributed by atoms with Crippen molar-refractivity contribution in [1.29, 1.82) is 0 Å². The quantitative estimate of drug-likeness (QED) is 0.551. The van der Waals surface area contributed by atoms with Crippen molar-refractivity contribution >= 4 is 23.2 Å². The van der Waals surface area contributed by atoms with Crippen LogP contribution in [0.4, 0.5) is 18.0 Å². The summed E-state index contributed by atoms with van der Waals surface area (Å²) in [7, 11) is 0. The summed E-state index contributed by atoms with van der Waals surface area (Å²) in [6, 6.07) is 4.44. The highest BCUT2D eigenvalue weighted by atomic mass is 32.1. The number of halogens is 3. The Labute approximate surface area is 180 Å². The lowest BCUT2D eigenvalue weighted by Crippen LogP contribution is -2.72. The van der Waals surface area contributed by atoms with E-state index in [0.717, 1.165) is 11.3 Å². The van der Waals surface area contributed by atoms with Crippen LogP contribution in [0.5, 0.6) is 11.5 Å². The molecule has 11 heteroatoms. The molecule has 1 aromatic carbocycles. The van der Waals surface area contributed by atoms with Crippen LogP contribution in [0.1, 0.15) is 35.1 Å². The van der Waals surface area contributed by atoms with Gasteiger partial charge in [0.15, 0.2) is 17.3 Å². The number of hydrogen-bond acceptors (Lipinski definition) is 6. The van der Waals surface area contributed by atoms with Crippen LogP contribution >= 0.6 is 11.3 Å². The number of Topliss-reactive ketones (excluding diaryl/α,β-unsaturated/α-hetero) is 1. The minimum absolute atomic E-state index is 0.0200. The number of urea groups is 1. The van der Waals surface area contributed by atoms with Gasteiger partial charge in [0.2, 0.25) is 5.72 Å². The van der Waals surface area contributed by atoms with E-state index in [9.17, 15) is 27.9 Å². The molecule has 7 nitrogen and oxygen atoms in total. The molecule has 2 aromatic rings. The van der Waals surface area contributed by atoms with Crippen molar-refractivity contribution in [3.8, 4) is 11.5 Å². The molecule has 1 fully saturated rings. The minimum Gasteiger partial charge on any atom is -0.490 e. The average molecular weight is 458 g/mol. The molecule has 168 valence electrons. The third kappa shape index (κ3) is 4.33. The zero-order valence-corrected chi connectivity index (χ0v) is 17.5. The van der Waals surface area contributed by atoms with E-state index in [0.29, 0.717) is 12.4 Å². The fraction of sp³-hybridized carbons (Fsp3) is 0.400. The molecule has 0 saturated carbocycles. The summed E-state index contributed by atoms with van der Waals surface area (Å²) in [4.78, 5) is 25.2. The van der Waals surface area contributed by atoms with Crippen molar-refractivity contribution in [1.82, 2.24) is 10.6 Å². The van der Waals surface area contributed by atoms with E-state index in [1.165, 1.54) is 41.0 Å². The smallest absolute Gasteiger partial charge is 0.437 e. The van der Waals surface area contributed by atoms with Crippen LogP contribution in [0.2, 0.25) is 0 Å². The Morgan fingerprint density at radius 3 is 2.45 bits per heavy atom. The number of rotatable bonds is 7. The number of carbonyl (C=O) groups is 2. The number of benzene rings is 1. The van der Waals surface area contributed by atoms with Gasteiger partial charge in [0.25, 0.3) is 0 Å². The highest BCUT2D eigenvalue weighted by Gasteiger charge is 2.66. The lowest BCUT2D eigenvalue weighted by atomic mass is 9.78. The lowest BCUT2D eigenvalue weighted by molar-refractivity contribution is -0.287. The number of thiophene rings is 1. The number of alkyl halides is 3. The van der Waals surface area contributed by atoms with Gasteiger partial charge in [0.05, 0.1) is 24.1 Å². The van der Waals surface area contributed by atoms with Gasteiger partial charge < -0.3 is 25.2 Å². The molecule has 2 amide bonds. The van der Waals surface area contributed by atoms with Gasteiger partial charge >= 0.3 is 12.2 Å². The van der Waals surface area contributed by atoms with Gasteiger partial charge in [-0.1, -0.05) is 12.1 Å². The molecule has 0 bridgehead atoms. The fourth-order valence-electron chi connectivity index (χ4n) is 3.45. The van der Waals surface area contributed by atoms with Gasteiger partial charge in [0.1, 0.15) is 5.92 Å². The zero-order valence-electron chi connectivity index (χ0n) is 16.7. The largest absolute Gasteiger partial charge is 0.490 e. The van der Waals surface area contributed by atoms with Crippen LogP contribution in [-0.4, -0.2) is 42.0 Å². The maximum atomic E-state index is 13.9. The van der Waals surface area contributed by atoms with E-state index in [2.05, 4.69) is 5.32 Å². The van der Waals surface area contributed by atoms with Gasteiger partial charge in [-0.05, 0) is 43.0 Å². The molecule has 3 rings (SSSR count). The molecular formula is C20H21F3N2O5S. The number of aliphatic hydroxyl groups is 1. The Bertz CT molecular complexity index is 951. The van der Waals surface area contributed by atoms with Crippen LogP contribution in [0.25, 0.3) is 0 Å². The third-order valence-corrected chi connectivity index (χ3v) is 5.66. The monoisotopic (exact) mass is 458 g/mol. The van der Waals surface area contributed by atoms with Crippen molar-refractivity contribution in [3.05, 3.63) is 46.2 Å².